The minimum absolute atomic E-state index is 0.0259. The van der Waals surface area contributed by atoms with Crippen molar-refractivity contribution < 1.29 is 9.84 Å². The molecule has 1 aromatic rings. The molecule has 3 rings (SSSR count). The average Bonchev–Trinajstić information content (AvgIpc) is 3.32. The van der Waals surface area contributed by atoms with Gasteiger partial charge in [0, 0.05) is 24.6 Å². The fraction of sp³-hybridized carbons (Fsp3) is 0.692. The van der Waals surface area contributed by atoms with Gasteiger partial charge < -0.3 is 20.2 Å². The standard InChI is InChI=1S/C13H21N5O2/c1-8-11(17-14)15-12(9-2-3-9)16-13(8)18-4-5-20-10(6-18)7-19/h9-10,19H,2-7,14H2,1H3,(H,15,16,17). The number of aliphatic hydroxyl groups is 1. The summed E-state index contributed by atoms with van der Waals surface area (Å²) in [5.41, 5.74) is 3.60. The number of nitrogens with zero attached hydrogens (tertiary/aromatic N) is 3. The maximum absolute atomic E-state index is 9.26. The lowest BCUT2D eigenvalue weighted by Gasteiger charge is -2.34. The molecule has 0 spiro atoms. The van der Waals surface area contributed by atoms with Crippen LogP contribution in [-0.4, -0.2) is 47.5 Å². The molecule has 2 aliphatic rings. The van der Waals surface area contributed by atoms with E-state index in [9.17, 15) is 5.11 Å². The molecule has 1 aromatic heterocycles. The smallest absolute Gasteiger partial charge is 0.148 e. The molecule has 4 N–H and O–H groups in total. The maximum atomic E-state index is 9.26. The van der Waals surface area contributed by atoms with Crippen LogP contribution in [0.5, 0.6) is 0 Å². The van der Waals surface area contributed by atoms with Gasteiger partial charge >= 0.3 is 0 Å². The minimum atomic E-state index is -0.156. The summed E-state index contributed by atoms with van der Waals surface area (Å²) < 4.78 is 5.49. The predicted molar refractivity (Wildman–Crippen MR) is 75.6 cm³/mol. The van der Waals surface area contributed by atoms with Crippen molar-refractivity contribution in [3.63, 3.8) is 0 Å². The molecule has 0 bridgehead atoms. The molecule has 2 fully saturated rings. The number of nitrogen functional groups attached to an aromatic ring is 1. The van der Waals surface area contributed by atoms with Crippen molar-refractivity contribution in [1.29, 1.82) is 0 Å². The molecule has 7 heteroatoms. The molecule has 1 atom stereocenters. The number of morpholine rings is 1. The number of rotatable bonds is 4. The monoisotopic (exact) mass is 279 g/mol. The van der Waals surface area contributed by atoms with Gasteiger partial charge in [-0.15, -0.1) is 0 Å². The quantitative estimate of drug-likeness (QED) is 0.533. The molecule has 1 aliphatic carbocycles. The van der Waals surface area contributed by atoms with E-state index >= 15 is 0 Å². The lowest BCUT2D eigenvalue weighted by Crippen LogP contribution is -2.45. The third-order valence-corrected chi connectivity index (χ3v) is 3.86. The Balaban J connectivity index is 1.92. The van der Waals surface area contributed by atoms with Crippen LogP contribution in [0.4, 0.5) is 11.6 Å². The summed E-state index contributed by atoms with van der Waals surface area (Å²) in [6.07, 6.45) is 2.14. The Morgan fingerprint density at radius 3 is 2.90 bits per heavy atom. The van der Waals surface area contributed by atoms with Crippen molar-refractivity contribution in [2.45, 2.75) is 31.8 Å². The number of nitrogens with one attached hydrogen (secondary N) is 1. The van der Waals surface area contributed by atoms with Gasteiger partial charge in [0.05, 0.1) is 19.3 Å². The van der Waals surface area contributed by atoms with Crippen LogP contribution in [0.2, 0.25) is 0 Å². The van der Waals surface area contributed by atoms with E-state index in [0.717, 1.165) is 36.6 Å². The molecule has 2 heterocycles. The number of anilines is 2. The first-order valence-electron chi connectivity index (χ1n) is 7.05. The summed E-state index contributed by atoms with van der Waals surface area (Å²) in [5, 5.41) is 9.26. The Bertz CT molecular complexity index is 492. The van der Waals surface area contributed by atoms with E-state index in [0.29, 0.717) is 24.9 Å². The maximum Gasteiger partial charge on any atom is 0.148 e. The molecule has 1 aliphatic heterocycles. The molecule has 20 heavy (non-hydrogen) atoms. The second-order valence-electron chi connectivity index (χ2n) is 5.42. The van der Waals surface area contributed by atoms with Crippen molar-refractivity contribution in [3.8, 4) is 0 Å². The van der Waals surface area contributed by atoms with Crippen LogP contribution < -0.4 is 16.2 Å². The van der Waals surface area contributed by atoms with E-state index < -0.39 is 0 Å². The first kappa shape index (κ1) is 13.5. The molecule has 0 amide bonds. The van der Waals surface area contributed by atoms with E-state index in [1.165, 1.54) is 0 Å². The fourth-order valence-corrected chi connectivity index (χ4v) is 2.52. The number of nitrogens with two attached hydrogens (primary N) is 1. The number of hydrazine groups is 1. The zero-order valence-corrected chi connectivity index (χ0v) is 11.7. The van der Waals surface area contributed by atoms with Crippen LogP contribution in [0.3, 0.4) is 0 Å². The van der Waals surface area contributed by atoms with Crippen LogP contribution in [0, 0.1) is 6.92 Å². The van der Waals surface area contributed by atoms with Crippen molar-refractivity contribution in [1.82, 2.24) is 9.97 Å². The van der Waals surface area contributed by atoms with E-state index in [-0.39, 0.29) is 12.7 Å². The van der Waals surface area contributed by atoms with Crippen molar-refractivity contribution in [2.24, 2.45) is 5.84 Å². The summed E-state index contributed by atoms with van der Waals surface area (Å²) in [4.78, 5) is 11.4. The second-order valence-corrected chi connectivity index (χ2v) is 5.42. The Labute approximate surface area is 118 Å². The molecule has 0 radical (unpaired) electrons. The zero-order valence-electron chi connectivity index (χ0n) is 11.7. The van der Waals surface area contributed by atoms with Gasteiger partial charge in [-0.3, -0.25) is 0 Å². The summed E-state index contributed by atoms with van der Waals surface area (Å²) >= 11 is 0. The molecular formula is C13H21N5O2. The van der Waals surface area contributed by atoms with Gasteiger partial charge in [0.1, 0.15) is 17.5 Å². The Morgan fingerprint density at radius 2 is 2.25 bits per heavy atom. The van der Waals surface area contributed by atoms with E-state index in [1.54, 1.807) is 0 Å². The lowest BCUT2D eigenvalue weighted by molar-refractivity contribution is 0.00332. The highest BCUT2D eigenvalue weighted by molar-refractivity contribution is 5.58. The molecular weight excluding hydrogens is 258 g/mol. The molecule has 0 aromatic carbocycles. The highest BCUT2D eigenvalue weighted by atomic mass is 16.5. The van der Waals surface area contributed by atoms with Gasteiger partial charge in [-0.1, -0.05) is 0 Å². The number of hydrogen-bond acceptors (Lipinski definition) is 7. The topological polar surface area (TPSA) is 96.5 Å². The van der Waals surface area contributed by atoms with Crippen LogP contribution >= 0.6 is 0 Å². The molecule has 1 saturated carbocycles. The van der Waals surface area contributed by atoms with Gasteiger partial charge in [0.15, 0.2) is 0 Å². The van der Waals surface area contributed by atoms with Gasteiger partial charge in [-0.2, -0.15) is 0 Å². The van der Waals surface area contributed by atoms with Crippen LogP contribution in [0.25, 0.3) is 0 Å². The first-order chi connectivity index (χ1) is 9.72. The molecule has 7 nitrogen and oxygen atoms in total. The summed E-state index contributed by atoms with van der Waals surface area (Å²) in [7, 11) is 0. The SMILES string of the molecule is Cc1c(NN)nc(C2CC2)nc1N1CCOC(CO)C1. The summed E-state index contributed by atoms with van der Waals surface area (Å²) in [6.45, 7) is 3.99. The molecule has 1 unspecified atom stereocenters. The van der Waals surface area contributed by atoms with Gasteiger partial charge in [-0.25, -0.2) is 15.8 Å². The Kier molecular flexibility index (Phi) is 3.73. The predicted octanol–water partition coefficient (Wildman–Crippen LogP) is 0.146. The Morgan fingerprint density at radius 1 is 1.45 bits per heavy atom. The molecule has 1 saturated heterocycles. The van der Waals surface area contributed by atoms with Crippen LogP contribution in [0.15, 0.2) is 0 Å². The molecule has 110 valence electrons. The summed E-state index contributed by atoms with van der Waals surface area (Å²) in [6, 6.07) is 0. The van der Waals surface area contributed by atoms with Crippen molar-refractivity contribution in [3.05, 3.63) is 11.4 Å². The van der Waals surface area contributed by atoms with Gasteiger partial charge in [0.2, 0.25) is 0 Å². The van der Waals surface area contributed by atoms with Gasteiger partial charge in [0.25, 0.3) is 0 Å². The highest BCUT2D eigenvalue weighted by Crippen LogP contribution is 2.40. The second kappa shape index (κ2) is 5.51. The van der Waals surface area contributed by atoms with Crippen LogP contribution in [-0.2, 0) is 4.74 Å². The zero-order chi connectivity index (χ0) is 14.1. The van der Waals surface area contributed by atoms with E-state index in [4.69, 9.17) is 15.6 Å². The highest BCUT2D eigenvalue weighted by Gasteiger charge is 2.30. The normalized spacial score (nSPS) is 22.9. The van der Waals surface area contributed by atoms with Crippen LogP contribution in [0.1, 0.15) is 30.1 Å². The number of hydrogen-bond donors (Lipinski definition) is 3. The number of ether oxygens (including phenoxy) is 1. The van der Waals surface area contributed by atoms with E-state index in [2.05, 4.69) is 15.3 Å². The van der Waals surface area contributed by atoms with E-state index in [1.807, 2.05) is 6.92 Å². The number of aromatic nitrogens is 2. The largest absolute Gasteiger partial charge is 0.394 e. The lowest BCUT2D eigenvalue weighted by atomic mass is 10.2. The third kappa shape index (κ3) is 2.56. The third-order valence-electron chi connectivity index (χ3n) is 3.86. The van der Waals surface area contributed by atoms with Gasteiger partial charge in [-0.05, 0) is 19.8 Å². The van der Waals surface area contributed by atoms with Crippen molar-refractivity contribution in [2.75, 3.05) is 36.6 Å². The summed E-state index contributed by atoms with van der Waals surface area (Å²) in [5.74, 6) is 8.49. The Hall–Kier alpha value is -1.44. The fourth-order valence-electron chi connectivity index (χ4n) is 2.52. The number of aliphatic hydroxyl groups excluding tert-OH is 1. The minimum Gasteiger partial charge on any atom is -0.394 e. The average molecular weight is 279 g/mol. The first-order valence-corrected chi connectivity index (χ1v) is 7.05. The van der Waals surface area contributed by atoms with Crippen molar-refractivity contribution >= 4 is 11.6 Å².